The molecule has 0 radical (unpaired) electrons. The third-order valence-corrected chi connectivity index (χ3v) is 4.39. The van der Waals surface area contributed by atoms with Crippen molar-refractivity contribution in [2.45, 2.75) is 46.5 Å². The van der Waals surface area contributed by atoms with Crippen LogP contribution in [0, 0.1) is 11.1 Å². The van der Waals surface area contributed by atoms with E-state index in [1.165, 1.54) is 5.57 Å². The lowest BCUT2D eigenvalue weighted by molar-refractivity contribution is -0.920. The van der Waals surface area contributed by atoms with Crippen LogP contribution in [-0.4, -0.2) is 47.1 Å². The third kappa shape index (κ3) is 11.0. The highest BCUT2D eigenvalue weighted by atomic mass is 16.7. The minimum Gasteiger partial charge on any atom is -0.611 e. The predicted molar refractivity (Wildman–Crippen MR) is 112 cm³/mol. The molecule has 0 bridgehead atoms. The highest BCUT2D eigenvalue weighted by Crippen LogP contribution is 2.09. The number of hydroxylamine groups is 1. The van der Waals surface area contributed by atoms with Crippen molar-refractivity contribution in [2.75, 3.05) is 26.2 Å². The molecule has 0 saturated heterocycles. The van der Waals surface area contributed by atoms with Gasteiger partial charge in [0.1, 0.15) is 6.54 Å². The maximum Gasteiger partial charge on any atom is 0.226 e. The molecule has 0 saturated carbocycles. The number of quaternary nitrogens is 1. The summed E-state index contributed by atoms with van der Waals surface area (Å²) in [4.78, 5) is 16.2. The van der Waals surface area contributed by atoms with Gasteiger partial charge < -0.3 is 15.0 Å². The molecule has 7 nitrogen and oxygen atoms in total. The van der Waals surface area contributed by atoms with Crippen molar-refractivity contribution in [3.05, 3.63) is 53.6 Å². The van der Waals surface area contributed by atoms with Crippen LogP contribution in [0.5, 0.6) is 0 Å². The summed E-state index contributed by atoms with van der Waals surface area (Å²) in [6, 6.07) is 0. The molecule has 1 amide bonds. The summed E-state index contributed by atoms with van der Waals surface area (Å²) in [6.07, 6.45) is 17.1. The fraction of sp³-hybridized carbons (Fsp3) is 0.571. The first-order valence-corrected chi connectivity index (χ1v) is 10.1. The number of hydrogen-bond acceptors (Lipinski definition) is 5. The van der Waals surface area contributed by atoms with Gasteiger partial charge in [-0.05, 0) is 43.8 Å². The SMILES string of the molecule is CC(/C=C/CN1C=CN(C(=O)CCC/C=C/C[NH+]([O-])NO)CC1)=C\CC(C)C. The number of amides is 1. The van der Waals surface area contributed by atoms with Crippen LogP contribution in [0.25, 0.3) is 0 Å². The van der Waals surface area contributed by atoms with Crippen molar-refractivity contribution >= 4 is 5.91 Å². The fourth-order valence-electron chi connectivity index (χ4n) is 2.65. The lowest BCUT2D eigenvalue weighted by Gasteiger charge is -2.29. The fourth-order valence-corrected chi connectivity index (χ4v) is 2.65. The molecular weight excluding hydrogens is 356 g/mol. The van der Waals surface area contributed by atoms with E-state index < -0.39 is 5.17 Å². The van der Waals surface area contributed by atoms with Crippen LogP contribution >= 0.6 is 0 Å². The zero-order valence-electron chi connectivity index (χ0n) is 17.4. The van der Waals surface area contributed by atoms with Crippen LogP contribution in [0.3, 0.4) is 0 Å². The second-order valence-electron chi connectivity index (χ2n) is 7.46. The van der Waals surface area contributed by atoms with Gasteiger partial charge in [-0.3, -0.25) is 15.2 Å². The first-order chi connectivity index (χ1) is 13.4. The minimum atomic E-state index is -0.438. The van der Waals surface area contributed by atoms with E-state index in [1.807, 2.05) is 18.5 Å². The molecule has 0 spiro atoms. The van der Waals surface area contributed by atoms with E-state index in [0.29, 0.717) is 18.9 Å². The van der Waals surface area contributed by atoms with Crippen LogP contribution in [0.15, 0.2) is 48.4 Å². The number of rotatable bonds is 12. The van der Waals surface area contributed by atoms with Crippen LogP contribution in [0.1, 0.15) is 46.5 Å². The number of carbonyl (C=O) groups is 1. The van der Waals surface area contributed by atoms with Gasteiger partial charge in [-0.2, -0.15) is 0 Å². The summed E-state index contributed by atoms with van der Waals surface area (Å²) in [5.41, 5.74) is 2.87. The standard InChI is InChI=1S/C21H36N4O3/c1-19(2)11-12-20(3)9-8-13-23-15-17-24(18-16-23)21(26)10-6-4-5-7-14-25(28)22-27/h5,7-9,12,15,17,19,22,25,27H,4,6,10-11,13-14,16,18H2,1-3H3/b7-5+,9-8+,20-12+. The van der Waals surface area contributed by atoms with E-state index in [4.69, 9.17) is 5.21 Å². The van der Waals surface area contributed by atoms with Gasteiger partial charge in [0.15, 0.2) is 0 Å². The summed E-state index contributed by atoms with van der Waals surface area (Å²) >= 11 is 0. The van der Waals surface area contributed by atoms with Crippen molar-refractivity contribution in [1.82, 2.24) is 15.4 Å². The summed E-state index contributed by atoms with van der Waals surface area (Å²) < 4.78 is 0. The first kappa shape index (κ1) is 24.1. The Bertz CT molecular complexity index is 570. The van der Waals surface area contributed by atoms with Gasteiger partial charge in [0.05, 0.1) is 0 Å². The largest absolute Gasteiger partial charge is 0.611 e. The predicted octanol–water partition coefficient (Wildman–Crippen LogP) is 2.15. The Morgan fingerprint density at radius 2 is 2.07 bits per heavy atom. The number of carbonyl (C=O) groups excluding carboxylic acids is 1. The molecule has 28 heavy (non-hydrogen) atoms. The van der Waals surface area contributed by atoms with E-state index in [0.717, 1.165) is 32.4 Å². The maximum atomic E-state index is 12.2. The molecule has 1 atom stereocenters. The quantitative estimate of drug-likeness (QED) is 0.205. The first-order valence-electron chi connectivity index (χ1n) is 10.1. The second kappa shape index (κ2) is 14.1. The molecule has 1 rings (SSSR count). The lowest BCUT2D eigenvalue weighted by atomic mass is 10.1. The summed E-state index contributed by atoms with van der Waals surface area (Å²) in [7, 11) is 0. The van der Waals surface area contributed by atoms with Crippen LogP contribution in [-0.2, 0) is 4.79 Å². The number of allylic oxidation sites excluding steroid dienone is 4. The summed E-state index contributed by atoms with van der Waals surface area (Å²) in [5.74, 6) is 0.807. The monoisotopic (exact) mass is 392 g/mol. The van der Waals surface area contributed by atoms with Gasteiger partial charge in [0.25, 0.3) is 0 Å². The molecule has 3 N–H and O–H groups in total. The van der Waals surface area contributed by atoms with Crippen molar-refractivity contribution in [1.29, 1.82) is 0 Å². The second-order valence-corrected chi connectivity index (χ2v) is 7.46. The Morgan fingerprint density at radius 1 is 1.29 bits per heavy atom. The van der Waals surface area contributed by atoms with Gasteiger partial charge in [-0.15, -0.1) is 0 Å². The van der Waals surface area contributed by atoms with Crippen molar-refractivity contribution in [3.8, 4) is 0 Å². The average molecular weight is 393 g/mol. The molecule has 158 valence electrons. The minimum absolute atomic E-state index is 0.125. The molecule has 0 aromatic heterocycles. The third-order valence-electron chi connectivity index (χ3n) is 4.39. The van der Waals surface area contributed by atoms with E-state index in [-0.39, 0.29) is 12.5 Å². The molecule has 0 aromatic carbocycles. The van der Waals surface area contributed by atoms with E-state index >= 15 is 0 Å². The summed E-state index contributed by atoms with van der Waals surface area (Å²) in [6.45, 7) is 9.09. The van der Waals surface area contributed by atoms with E-state index in [9.17, 15) is 10.0 Å². The highest BCUT2D eigenvalue weighted by Gasteiger charge is 2.14. The maximum absolute atomic E-state index is 12.2. The van der Waals surface area contributed by atoms with Gasteiger partial charge in [0, 0.05) is 38.5 Å². The number of unbranched alkanes of at least 4 members (excludes halogenated alkanes) is 1. The Kier molecular flexibility index (Phi) is 12.2. The highest BCUT2D eigenvalue weighted by molar-refractivity contribution is 5.77. The van der Waals surface area contributed by atoms with Gasteiger partial charge in [-0.25, -0.2) is 0 Å². The smallest absolute Gasteiger partial charge is 0.226 e. The van der Waals surface area contributed by atoms with Crippen molar-refractivity contribution in [2.24, 2.45) is 5.92 Å². The molecule has 0 fully saturated rings. The Labute approximate surface area is 169 Å². The molecule has 1 aliphatic rings. The summed E-state index contributed by atoms with van der Waals surface area (Å²) in [5, 5.41) is 18.8. The van der Waals surface area contributed by atoms with Gasteiger partial charge in [-0.1, -0.05) is 43.7 Å². The van der Waals surface area contributed by atoms with Crippen molar-refractivity contribution < 1.29 is 15.2 Å². The number of nitrogens with one attached hydrogen (secondary N) is 2. The molecule has 0 aromatic rings. The Balaban J connectivity index is 2.25. The number of nitrogens with zero attached hydrogens (tertiary/aromatic N) is 2. The van der Waals surface area contributed by atoms with E-state index in [1.54, 1.807) is 16.6 Å². The van der Waals surface area contributed by atoms with Crippen molar-refractivity contribution in [3.63, 3.8) is 0 Å². The van der Waals surface area contributed by atoms with Crippen LogP contribution in [0.4, 0.5) is 0 Å². The lowest BCUT2D eigenvalue weighted by Crippen LogP contribution is -3.13. The molecule has 7 heteroatoms. The Hall–Kier alpha value is -1.93. The van der Waals surface area contributed by atoms with Crippen LogP contribution in [0.2, 0.25) is 0 Å². The zero-order valence-corrected chi connectivity index (χ0v) is 17.4. The molecule has 1 heterocycles. The normalized spacial score (nSPS) is 16.7. The molecule has 0 aliphatic carbocycles. The van der Waals surface area contributed by atoms with E-state index in [2.05, 4.69) is 43.9 Å². The number of hydrogen-bond donors (Lipinski definition) is 3. The zero-order chi connectivity index (χ0) is 20.8. The topological polar surface area (TPSA) is 83.3 Å². The van der Waals surface area contributed by atoms with Crippen LogP contribution < -0.4 is 10.8 Å². The average Bonchev–Trinajstić information content (AvgIpc) is 2.69. The molecule has 1 aliphatic heterocycles. The van der Waals surface area contributed by atoms with Gasteiger partial charge >= 0.3 is 0 Å². The van der Waals surface area contributed by atoms with Gasteiger partial charge in [0.2, 0.25) is 5.91 Å². The molecular formula is C21H36N4O3. The Morgan fingerprint density at radius 3 is 2.71 bits per heavy atom. The molecule has 1 unspecified atom stereocenters.